The van der Waals surface area contributed by atoms with Crippen molar-refractivity contribution in [3.8, 4) is 39.6 Å². The van der Waals surface area contributed by atoms with E-state index < -0.39 is 0 Å². The lowest BCUT2D eigenvalue weighted by atomic mass is 9.90. The van der Waals surface area contributed by atoms with Crippen molar-refractivity contribution >= 4 is 5.97 Å². The molecule has 34 heavy (non-hydrogen) atoms. The lowest BCUT2D eigenvalue weighted by Crippen LogP contribution is -2.19. The van der Waals surface area contributed by atoms with E-state index in [0.29, 0.717) is 17.1 Å². The molecular weight excluding hydrogens is 430 g/mol. The van der Waals surface area contributed by atoms with E-state index in [1.54, 1.807) is 14.2 Å². The summed E-state index contributed by atoms with van der Waals surface area (Å²) in [6.07, 6.45) is 1.55. The third kappa shape index (κ3) is 3.61. The minimum absolute atomic E-state index is 0.136. The van der Waals surface area contributed by atoms with Crippen LogP contribution in [0.25, 0.3) is 22.4 Å². The third-order valence-corrected chi connectivity index (χ3v) is 6.72. The molecule has 0 aliphatic carbocycles. The van der Waals surface area contributed by atoms with Gasteiger partial charge in [-0.25, -0.2) is 4.79 Å². The molecular formula is C28H33NO5. The fourth-order valence-corrected chi connectivity index (χ4v) is 5.27. The van der Waals surface area contributed by atoms with Crippen LogP contribution in [-0.4, -0.2) is 36.5 Å². The van der Waals surface area contributed by atoms with E-state index in [1.807, 2.05) is 45.0 Å². The molecule has 1 aromatic heterocycles. The van der Waals surface area contributed by atoms with Gasteiger partial charge in [0.25, 0.3) is 0 Å². The molecule has 0 unspecified atom stereocenters. The Hall–Kier alpha value is -3.41. The van der Waals surface area contributed by atoms with Gasteiger partial charge in [-0.2, -0.15) is 0 Å². The highest BCUT2D eigenvalue weighted by atomic mass is 16.5. The molecule has 0 radical (unpaired) electrons. The molecule has 0 amide bonds. The number of rotatable bonds is 6. The summed E-state index contributed by atoms with van der Waals surface area (Å²) in [6, 6.07) is 8.01. The number of esters is 1. The molecule has 1 atom stereocenters. The van der Waals surface area contributed by atoms with Gasteiger partial charge in [0, 0.05) is 22.9 Å². The van der Waals surface area contributed by atoms with Gasteiger partial charge >= 0.3 is 5.97 Å². The third-order valence-electron chi connectivity index (χ3n) is 6.72. The van der Waals surface area contributed by atoms with Gasteiger partial charge in [0.2, 0.25) is 0 Å². The second-order valence-corrected chi connectivity index (χ2v) is 8.87. The number of hydrogen-bond acceptors (Lipinski definition) is 5. The molecule has 0 saturated carbocycles. The Labute approximate surface area is 201 Å². The van der Waals surface area contributed by atoms with Crippen molar-refractivity contribution in [2.75, 3.05) is 20.8 Å². The molecule has 180 valence electrons. The maximum absolute atomic E-state index is 13.5. The number of phenolic OH excluding ortho intramolecular Hbond substituents is 1. The van der Waals surface area contributed by atoms with E-state index >= 15 is 0 Å². The van der Waals surface area contributed by atoms with Gasteiger partial charge in [-0.05, 0) is 87.1 Å². The van der Waals surface area contributed by atoms with Crippen LogP contribution < -0.4 is 9.47 Å². The quantitative estimate of drug-likeness (QED) is 0.453. The van der Waals surface area contributed by atoms with Crippen LogP contribution in [0.15, 0.2) is 24.3 Å². The summed E-state index contributed by atoms with van der Waals surface area (Å²) in [7, 11) is 3.25. The van der Waals surface area contributed by atoms with Gasteiger partial charge in [0.05, 0.1) is 32.1 Å². The lowest BCUT2D eigenvalue weighted by Gasteiger charge is -2.29. The maximum atomic E-state index is 13.5. The van der Waals surface area contributed by atoms with Crippen molar-refractivity contribution in [3.05, 3.63) is 52.2 Å². The van der Waals surface area contributed by atoms with Crippen LogP contribution in [0.1, 0.15) is 59.6 Å². The molecule has 0 spiro atoms. The first-order chi connectivity index (χ1) is 16.3. The number of carbonyl (C=O) groups is 1. The minimum Gasteiger partial charge on any atom is -0.507 e. The Bertz CT molecular complexity index is 1250. The first-order valence-electron chi connectivity index (χ1n) is 11.8. The Kier molecular flexibility index (Phi) is 6.34. The van der Waals surface area contributed by atoms with E-state index in [0.717, 1.165) is 57.6 Å². The summed E-state index contributed by atoms with van der Waals surface area (Å²) >= 11 is 0. The normalized spacial score (nSPS) is 14.4. The summed E-state index contributed by atoms with van der Waals surface area (Å²) in [5.41, 5.74) is 7.87. The number of nitrogens with zero attached hydrogens (tertiary/aromatic N) is 1. The number of hydrogen-bond donors (Lipinski definition) is 1. The molecule has 0 bridgehead atoms. The Morgan fingerprint density at radius 3 is 2.24 bits per heavy atom. The van der Waals surface area contributed by atoms with E-state index in [9.17, 15) is 9.90 Å². The van der Waals surface area contributed by atoms with Crippen LogP contribution in [-0.2, 0) is 17.6 Å². The smallest absolute Gasteiger partial charge is 0.340 e. The van der Waals surface area contributed by atoms with Gasteiger partial charge in [0.1, 0.15) is 5.75 Å². The van der Waals surface area contributed by atoms with Gasteiger partial charge in [-0.15, -0.1) is 0 Å². The van der Waals surface area contributed by atoms with Crippen LogP contribution in [0.4, 0.5) is 0 Å². The summed E-state index contributed by atoms with van der Waals surface area (Å²) < 4.78 is 19.0. The van der Waals surface area contributed by atoms with Crippen LogP contribution >= 0.6 is 0 Å². The summed E-state index contributed by atoms with van der Waals surface area (Å²) in [6.45, 7) is 10.2. The van der Waals surface area contributed by atoms with E-state index in [1.165, 1.54) is 0 Å². The van der Waals surface area contributed by atoms with Crippen molar-refractivity contribution in [1.29, 1.82) is 0 Å². The van der Waals surface area contributed by atoms with Gasteiger partial charge in [0.15, 0.2) is 11.5 Å². The van der Waals surface area contributed by atoms with Crippen LogP contribution in [0.3, 0.4) is 0 Å². The highest BCUT2D eigenvalue weighted by molar-refractivity contribution is 6.06. The van der Waals surface area contributed by atoms with Crippen LogP contribution in [0.2, 0.25) is 0 Å². The number of phenols is 1. The molecule has 4 rings (SSSR count). The second kappa shape index (κ2) is 9.09. The van der Waals surface area contributed by atoms with Gasteiger partial charge in [-0.1, -0.05) is 6.92 Å². The average Bonchev–Trinajstić information content (AvgIpc) is 3.17. The van der Waals surface area contributed by atoms with Gasteiger partial charge in [-0.3, -0.25) is 0 Å². The van der Waals surface area contributed by atoms with Crippen molar-refractivity contribution in [1.82, 2.24) is 4.57 Å². The zero-order chi connectivity index (χ0) is 24.7. The predicted molar refractivity (Wildman–Crippen MR) is 133 cm³/mol. The summed E-state index contributed by atoms with van der Waals surface area (Å²) in [4.78, 5) is 13.5. The minimum atomic E-state index is -0.348. The molecule has 3 aromatic rings. The molecule has 6 heteroatoms. The standard InChI is InChI=1S/C28H33NO5/c1-8-21-24(19-10-15(3)27(30)16(4)11-19)25(28(31)34-9-2)26-20-14-23(33-7)22(32-6)13-18(20)12-17(5)29(21)26/h10-11,13-14,17,30H,8-9,12H2,1-7H3/t17-/m0/s1. The van der Waals surface area contributed by atoms with Crippen molar-refractivity contribution < 1.29 is 24.1 Å². The Balaban J connectivity index is 2.14. The number of carbonyl (C=O) groups excluding carboxylic acids is 1. The van der Waals surface area contributed by atoms with E-state index in [2.05, 4.69) is 18.4 Å². The van der Waals surface area contributed by atoms with Crippen molar-refractivity contribution in [3.63, 3.8) is 0 Å². The number of aryl methyl sites for hydroxylation is 2. The van der Waals surface area contributed by atoms with Crippen LogP contribution in [0, 0.1) is 13.8 Å². The second-order valence-electron chi connectivity index (χ2n) is 8.87. The molecule has 2 heterocycles. The lowest BCUT2D eigenvalue weighted by molar-refractivity contribution is 0.0528. The fourth-order valence-electron chi connectivity index (χ4n) is 5.27. The van der Waals surface area contributed by atoms with Crippen LogP contribution in [0.5, 0.6) is 17.2 Å². The summed E-state index contributed by atoms with van der Waals surface area (Å²) in [5, 5.41) is 10.4. The molecule has 6 nitrogen and oxygen atoms in total. The van der Waals surface area contributed by atoms with Gasteiger partial charge < -0.3 is 23.9 Å². The zero-order valence-corrected chi connectivity index (χ0v) is 21.0. The fraction of sp³-hybridized carbons (Fsp3) is 0.393. The number of benzene rings is 2. The maximum Gasteiger partial charge on any atom is 0.340 e. The number of ether oxygens (including phenoxy) is 3. The first-order valence-corrected chi connectivity index (χ1v) is 11.8. The number of fused-ring (bicyclic) bond motifs is 3. The highest BCUT2D eigenvalue weighted by Crippen LogP contribution is 2.48. The SMILES string of the molecule is CCOC(=O)c1c(-c2cc(C)c(O)c(C)c2)c(CC)n2c1-c1cc(OC)c(OC)cc1C[C@@H]2C. The van der Waals surface area contributed by atoms with Crippen molar-refractivity contribution in [2.24, 2.45) is 0 Å². The number of aromatic hydroxyl groups is 1. The number of aromatic nitrogens is 1. The molecule has 0 saturated heterocycles. The molecule has 2 aromatic carbocycles. The molecule has 1 aliphatic rings. The average molecular weight is 464 g/mol. The predicted octanol–water partition coefficient (Wildman–Crippen LogP) is 6.02. The Morgan fingerprint density at radius 1 is 1.06 bits per heavy atom. The molecule has 1 N–H and O–H groups in total. The number of methoxy groups -OCH3 is 2. The van der Waals surface area contributed by atoms with E-state index in [4.69, 9.17) is 14.2 Å². The molecule has 0 fully saturated rings. The van der Waals surface area contributed by atoms with Crippen molar-refractivity contribution in [2.45, 2.75) is 53.5 Å². The zero-order valence-electron chi connectivity index (χ0n) is 21.0. The Morgan fingerprint density at radius 2 is 1.68 bits per heavy atom. The highest BCUT2D eigenvalue weighted by Gasteiger charge is 2.35. The summed E-state index contributed by atoms with van der Waals surface area (Å²) in [5.74, 6) is 1.22. The largest absolute Gasteiger partial charge is 0.507 e. The topological polar surface area (TPSA) is 69.9 Å². The molecule has 1 aliphatic heterocycles. The monoisotopic (exact) mass is 463 g/mol. The van der Waals surface area contributed by atoms with E-state index in [-0.39, 0.29) is 24.4 Å². The first kappa shape index (κ1) is 23.7.